The van der Waals surface area contributed by atoms with E-state index < -0.39 is 0 Å². The van der Waals surface area contributed by atoms with Gasteiger partial charge in [-0.2, -0.15) is 0 Å². The third-order valence-corrected chi connectivity index (χ3v) is 2.76. The fourth-order valence-electron chi connectivity index (χ4n) is 1.71. The highest BCUT2D eigenvalue weighted by Crippen LogP contribution is 2.13. The van der Waals surface area contributed by atoms with Crippen molar-refractivity contribution in [2.45, 2.75) is 39.7 Å². The number of hydrogen-bond donors (Lipinski definition) is 2. The van der Waals surface area contributed by atoms with E-state index in [-0.39, 0.29) is 12.0 Å². The molecule has 0 fully saturated rings. The van der Waals surface area contributed by atoms with Crippen molar-refractivity contribution in [3.05, 3.63) is 29.3 Å². The summed E-state index contributed by atoms with van der Waals surface area (Å²) in [6, 6.07) is 5.47. The van der Waals surface area contributed by atoms with Crippen LogP contribution in [0.25, 0.3) is 0 Å². The Morgan fingerprint density at radius 1 is 1.37 bits per heavy atom. The van der Waals surface area contributed by atoms with Crippen molar-refractivity contribution in [3.63, 3.8) is 0 Å². The number of amides is 1. The molecule has 3 N–H and O–H groups in total. The number of anilines is 1. The zero-order valence-electron chi connectivity index (χ0n) is 12.0. The molecule has 0 aliphatic rings. The molecule has 4 heteroatoms. The summed E-state index contributed by atoms with van der Waals surface area (Å²) in [4.78, 5) is 11.9. The zero-order valence-corrected chi connectivity index (χ0v) is 12.0. The fraction of sp³-hybridized carbons (Fsp3) is 0.533. The van der Waals surface area contributed by atoms with Crippen LogP contribution in [0.5, 0.6) is 0 Å². The average Bonchev–Trinajstić information content (AvgIpc) is 2.36. The molecule has 0 unspecified atom stereocenters. The second-order valence-corrected chi connectivity index (χ2v) is 4.97. The van der Waals surface area contributed by atoms with E-state index >= 15 is 0 Å². The normalized spacial score (nSPS) is 10.7. The Morgan fingerprint density at radius 3 is 2.79 bits per heavy atom. The van der Waals surface area contributed by atoms with Crippen molar-refractivity contribution >= 4 is 11.6 Å². The van der Waals surface area contributed by atoms with Crippen molar-refractivity contribution in [1.29, 1.82) is 0 Å². The zero-order chi connectivity index (χ0) is 14.3. The van der Waals surface area contributed by atoms with Crippen molar-refractivity contribution in [3.8, 4) is 0 Å². The van der Waals surface area contributed by atoms with Gasteiger partial charge in [-0.1, -0.05) is 11.6 Å². The number of nitrogen functional groups attached to an aromatic ring is 1. The van der Waals surface area contributed by atoms with Crippen molar-refractivity contribution in [2.75, 3.05) is 18.9 Å². The van der Waals surface area contributed by atoms with Crippen LogP contribution < -0.4 is 11.1 Å². The molecule has 0 radical (unpaired) electrons. The Kier molecular flexibility index (Phi) is 6.36. The van der Waals surface area contributed by atoms with Crippen LogP contribution >= 0.6 is 0 Å². The number of unbranched alkanes of at least 4 members (excludes halogenated alkanes) is 1. The molecule has 4 nitrogen and oxygen atoms in total. The average molecular weight is 264 g/mol. The highest BCUT2D eigenvalue weighted by molar-refractivity contribution is 5.99. The first-order valence-corrected chi connectivity index (χ1v) is 6.76. The van der Waals surface area contributed by atoms with Gasteiger partial charge in [0.2, 0.25) is 0 Å². The molecule has 1 aromatic carbocycles. The van der Waals surface area contributed by atoms with Gasteiger partial charge in [0.05, 0.1) is 11.7 Å². The number of carbonyl (C=O) groups excluding carboxylic acids is 1. The number of rotatable bonds is 7. The molecule has 0 bridgehead atoms. The predicted molar refractivity (Wildman–Crippen MR) is 78.2 cm³/mol. The quantitative estimate of drug-likeness (QED) is 0.587. The Labute approximate surface area is 115 Å². The molecule has 0 atom stereocenters. The number of ether oxygens (including phenoxy) is 1. The minimum atomic E-state index is -0.106. The highest BCUT2D eigenvalue weighted by Gasteiger charge is 2.08. The van der Waals surface area contributed by atoms with E-state index in [0.29, 0.717) is 17.8 Å². The smallest absolute Gasteiger partial charge is 0.253 e. The Hall–Kier alpha value is -1.55. The topological polar surface area (TPSA) is 64.4 Å². The van der Waals surface area contributed by atoms with E-state index in [0.717, 1.165) is 25.0 Å². The van der Waals surface area contributed by atoms with Gasteiger partial charge >= 0.3 is 0 Å². The predicted octanol–water partition coefficient (Wildman–Crippen LogP) is 2.51. The van der Waals surface area contributed by atoms with E-state index in [1.54, 1.807) is 6.07 Å². The van der Waals surface area contributed by atoms with E-state index in [2.05, 4.69) is 5.32 Å². The van der Waals surface area contributed by atoms with E-state index in [1.807, 2.05) is 32.9 Å². The van der Waals surface area contributed by atoms with Gasteiger partial charge in [-0.05, 0) is 45.7 Å². The Balaban J connectivity index is 2.29. The maximum Gasteiger partial charge on any atom is 0.253 e. The van der Waals surface area contributed by atoms with Crippen LogP contribution in [-0.2, 0) is 4.74 Å². The van der Waals surface area contributed by atoms with Crippen LogP contribution in [0.4, 0.5) is 5.69 Å². The lowest BCUT2D eigenvalue weighted by atomic mass is 10.1. The maximum absolute atomic E-state index is 11.9. The van der Waals surface area contributed by atoms with Crippen LogP contribution in [0, 0.1) is 6.92 Å². The number of nitrogens with two attached hydrogens (primary N) is 1. The van der Waals surface area contributed by atoms with Crippen LogP contribution in [0.2, 0.25) is 0 Å². The molecule has 19 heavy (non-hydrogen) atoms. The molecular weight excluding hydrogens is 240 g/mol. The summed E-state index contributed by atoms with van der Waals surface area (Å²) in [5.74, 6) is -0.106. The standard InChI is InChI=1S/C15H24N2O2/c1-11(2)19-9-5-4-8-17-15(18)13-10-12(3)6-7-14(13)16/h6-7,10-11H,4-5,8-9,16H2,1-3H3,(H,17,18). The number of carbonyl (C=O) groups is 1. The molecule has 0 aliphatic heterocycles. The Morgan fingerprint density at radius 2 is 2.11 bits per heavy atom. The van der Waals surface area contributed by atoms with Crippen molar-refractivity contribution in [2.24, 2.45) is 0 Å². The summed E-state index contributed by atoms with van der Waals surface area (Å²) < 4.78 is 5.44. The lowest BCUT2D eigenvalue weighted by molar-refractivity contribution is 0.0754. The maximum atomic E-state index is 11.9. The van der Waals surface area contributed by atoms with Gasteiger partial charge in [0.1, 0.15) is 0 Å². The minimum Gasteiger partial charge on any atom is -0.398 e. The number of nitrogens with one attached hydrogen (secondary N) is 1. The van der Waals surface area contributed by atoms with Crippen molar-refractivity contribution in [1.82, 2.24) is 5.32 Å². The summed E-state index contributed by atoms with van der Waals surface area (Å²) in [7, 11) is 0. The first-order chi connectivity index (χ1) is 9.00. The summed E-state index contributed by atoms with van der Waals surface area (Å²) in [5, 5.41) is 2.88. The van der Waals surface area contributed by atoms with Crippen LogP contribution in [0.1, 0.15) is 42.6 Å². The third-order valence-electron chi connectivity index (χ3n) is 2.76. The van der Waals surface area contributed by atoms with Gasteiger partial charge in [0.25, 0.3) is 5.91 Å². The fourth-order valence-corrected chi connectivity index (χ4v) is 1.71. The molecule has 0 saturated heterocycles. The van der Waals surface area contributed by atoms with Gasteiger partial charge in [-0.3, -0.25) is 4.79 Å². The monoisotopic (exact) mass is 264 g/mol. The molecule has 0 aromatic heterocycles. The van der Waals surface area contributed by atoms with Gasteiger partial charge < -0.3 is 15.8 Å². The minimum absolute atomic E-state index is 0.106. The summed E-state index contributed by atoms with van der Waals surface area (Å²) in [6.07, 6.45) is 2.12. The van der Waals surface area contributed by atoms with Gasteiger partial charge in [-0.25, -0.2) is 0 Å². The Bertz CT molecular complexity index is 417. The second kappa shape index (κ2) is 7.79. The molecule has 106 valence electrons. The van der Waals surface area contributed by atoms with Crippen LogP contribution in [0.3, 0.4) is 0 Å². The van der Waals surface area contributed by atoms with E-state index in [1.165, 1.54) is 0 Å². The molecule has 1 aromatic rings. The lowest BCUT2D eigenvalue weighted by Crippen LogP contribution is -2.25. The third kappa shape index (κ3) is 5.75. The molecule has 0 aliphatic carbocycles. The van der Waals surface area contributed by atoms with E-state index in [9.17, 15) is 4.79 Å². The summed E-state index contributed by atoms with van der Waals surface area (Å²) in [5.41, 5.74) is 7.90. The molecule has 1 rings (SSSR count). The van der Waals surface area contributed by atoms with Gasteiger partial charge in [0.15, 0.2) is 0 Å². The first-order valence-electron chi connectivity index (χ1n) is 6.76. The molecule has 0 heterocycles. The first kappa shape index (κ1) is 15.5. The van der Waals surface area contributed by atoms with Crippen LogP contribution in [0.15, 0.2) is 18.2 Å². The number of benzene rings is 1. The van der Waals surface area contributed by atoms with E-state index in [4.69, 9.17) is 10.5 Å². The largest absolute Gasteiger partial charge is 0.398 e. The highest BCUT2D eigenvalue weighted by atomic mass is 16.5. The van der Waals surface area contributed by atoms with Gasteiger partial charge in [0, 0.05) is 18.8 Å². The molecule has 1 amide bonds. The lowest BCUT2D eigenvalue weighted by Gasteiger charge is -2.09. The molecular formula is C15H24N2O2. The summed E-state index contributed by atoms with van der Waals surface area (Å²) in [6.45, 7) is 7.36. The van der Waals surface area contributed by atoms with Gasteiger partial charge in [-0.15, -0.1) is 0 Å². The summed E-state index contributed by atoms with van der Waals surface area (Å²) >= 11 is 0. The number of hydrogen-bond acceptors (Lipinski definition) is 3. The second-order valence-electron chi connectivity index (χ2n) is 4.97. The van der Waals surface area contributed by atoms with Crippen LogP contribution in [-0.4, -0.2) is 25.2 Å². The molecule has 0 spiro atoms. The van der Waals surface area contributed by atoms with Crippen molar-refractivity contribution < 1.29 is 9.53 Å². The molecule has 0 saturated carbocycles. The SMILES string of the molecule is Cc1ccc(N)c(C(=O)NCCCCOC(C)C)c1. The number of aryl methyl sites for hydroxylation is 1.